The molecule has 1 aliphatic rings. The molecule has 44 heavy (non-hydrogen) atoms. The number of carbonyl (C=O) groups excluding carboxylic acids is 1. The van der Waals surface area contributed by atoms with Crippen LogP contribution in [0.15, 0.2) is 42.5 Å². The van der Waals surface area contributed by atoms with E-state index in [0.29, 0.717) is 28.7 Å². The highest BCUT2D eigenvalue weighted by molar-refractivity contribution is 6.32. The minimum Gasteiger partial charge on any atom is -0.494 e. The van der Waals surface area contributed by atoms with E-state index in [4.69, 9.17) is 25.8 Å². The standard InChI is InChI=1S/C39H59ClO4/c1-3-5-7-8-9-10-11-12-13-17-29-43-38-28-23-34(31-37(38)40)39(41)44-36-26-24-35(25-27-36)42-30-18-22-33-21-16-15-20-32(33)19-14-6-4-2/h23-28,31-33H,3-22,29-30H2,1-2H3. The second-order valence-corrected chi connectivity index (χ2v) is 13.2. The molecule has 2 atom stereocenters. The SMILES string of the molecule is CCCCCCCCCCCCOc1ccc(C(=O)Oc2ccc(OCCCC3CCCCC3CCCCC)cc2)cc1Cl. The van der Waals surface area contributed by atoms with Gasteiger partial charge in [-0.25, -0.2) is 4.79 Å². The lowest BCUT2D eigenvalue weighted by Gasteiger charge is -2.31. The van der Waals surface area contributed by atoms with Crippen molar-refractivity contribution in [3.8, 4) is 17.2 Å². The maximum atomic E-state index is 12.7. The number of hydrogen-bond donors (Lipinski definition) is 0. The van der Waals surface area contributed by atoms with Gasteiger partial charge < -0.3 is 14.2 Å². The molecule has 2 unspecified atom stereocenters. The molecule has 0 radical (unpaired) electrons. The minimum atomic E-state index is -0.442. The lowest BCUT2D eigenvalue weighted by atomic mass is 9.74. The van der Waals surface area contributed by atoms with Gasteiger partial charge in [-0.3, -0.25) is 0 Å². The molecule has 1 saturated carbocycles. The molecule has 0 bridgehead atoms. The van der Waals surface area contributed by atoms with Gasteiger partial charge in [0.05, 0.1) is 23.8 Å². The van der Waals surface area contributed by atoms with Crippen LogP contribution in [-0.4, -0.2) is 19.2 Å². The Morgan fingerprint density at radius 3 is 1.84 bits per heavy atom. The predicted molar refractivity (Wildman–Crippen MR) is 185 cm³/mol. The fourth-order valence-corrected chi connectivity index (χ4v) is 6.76. The number of unbranched alkanes of at least 4 members (excludes halogenated alkanes) is 11. The van der Waals surface area contributed by atoms with E-state index in [-0.39, 0.29) is 0 Å². The zero-order valence-corrected chi connectivity index (χ0v) is 28.5. The van der Waals surface area contributed by atoms with E-state index in [1.54, 1.807) is 30.3 Å². The average molecular weight is 627 g/mol. The van der Waals surface area contributed by atoms with Gasteiger partial charge in [0.1, 0.15) is 17.2 Å². The van der Waals surface area contributed by atoms with Crippen LogP contribution in [-0.2, 0) is 0 Å². The molecule has 5 heteroatoms. The van der Waals surface area contributed by atoms with Gasteiger partial charge in [0.25, 0.3) is 0 Å². The van der Waals surface area contributed by atoms with E-state index >= 15 is 0 Å². The summed E-state index contributed by atoms with van der Waals surface area (Å²) in [5, 5.41) is 0.427. The average Bonchev–Trinajstić information content (AvgIpc) is 3.04. The van der Waals surface area contributed by atoms with Crippen LogP contribution in [0.4, 0.5) is 0 Å². The van der Waals surface area contributed by atoms with Crippen molar-refractivity contribution in [1.82, 2.24) is 0 Å². The summed E-state index contributed by atoms with van der Waals surface area (Å²) in [5.74, 6) is 3.23. The van der Waals surface area contributed by atoms with Crippen molar-refractivity contribution in [2.75, 3.05) is 13.2 Å². The normalized spacial score (nSPS) is 16.5. The van der Waals surface area contributed by atoms with Crippen LogP contribution in [0.1, 0.15) is 153 Å². The molecule has 0 saturated heterocycles. The Bertz CT molecular complexity index is 1040. The van der Waals surface area contributed by atoms with Gasteiger partial charge in [-0.2, -0.15) is 0 Å². The summed E-state index contributed by atoms with van der Waals surface area (Å²) in [6, 6.07) is 12.4. The zero-order chi connectivity index (χ0) is 31.2. The first kappa shape index (κ1) is 36.3. The number of carbonyl (C=O) groups is 1. The Hall–Kier alpha value is -2.20. The fraction of sp³-hybridized carbons (Fsp3) is 0.667. The van der Waals surface area contributed by atoms with Crippen LogP contribution in [0.25, 0.3) is 0 Å². The molecule has 246 valence electrons. The van der Waals surface area contributed by atoms with Gasteiger partial charge in [0.15, 0.2) is 0 Å². The molecule has 0 aromatic heterocycles. The first-order valence-electron chi connectivity index (χ1n) is 18.0. The van der Waals surface area contributed by atoms with E-state index in [9.17, 15) is 4.79 Å². The maximum Gasteiger partial charge on any atom is 0.343 e. The van der Waals surface area contributed by atoms with Gasteiger partial charge in [-0.15, -0.1) is 0 Å². The highest BCUT2D eigenvalue weighted by atomic mass is 35.5. The molecule has 0 amide bonds. The number of ether oxygens (including phenoxy) is 3. The Morgan fingerprint density at radius 2 is 1.20 bits per heavy atom. The largest absolute Gasteiger partial charge is 0.494 e. The molecular formula is C39H59ClO4. The van der Waals surface area contributed by atoms with Crippen LogP contribution < -0.4 is 14.2 Å². The minimum absolute atomic E-state index is 0.400. The molecule has 1 fully saturated rings. The van der Waals surface area contributed by atoms with Crippen molar-refractivity contribution >= 4 is 17.6 Å². The van der Waals surface area contributed by atoms with Crippen molar-refractivity contribution in [3.05, 3.63) is 53.1 Å². The van der Waals surface area contributed by atoms with Crippen LogP contribution in [0.3, 0.4) is 0 Å². The predicted octanol–water partition coefficient (Wildman–Crippen LogP) is 12.4. The number of benzene rings is 2. The molecule has 0 aliphatic heterocycles. The Balaban J connectivity index is 1.30. The van der Waals surface area contributed by atoms with Crippen LogP contribution in [0, 0.1) is 11.8 Å². The van der Waals surface area contributed by atoms with Crippen molar-refractivity contribution in [3.63, 3.8) is 0 Å². The van der Waals surface area contributed by atoms with Crippen LogP contribution in [0.5, 0.6) is 17.2 Å². The molecule has 1 aliphatic carbocycles. The van der Waals surface area contributed by atoms with E-state index < -0.39 is 5.97 Å². The summed E-state index contributed by atoms with van der Waals surface area (Å²) in [6.07, 6.45) is 26.3. The summed E-state index contributed by atoms with van der Waals surface area (Å²) in [7, 11) is 0. The molecule has 0 N–H and O–H groups in total. The van der Waals surface area contributed by atoms with E-state index in [0.717, 1.165) is 37.0 Å². The monoisotopic (exact) mass is 626 g/mol. The van der Waals surface area contributed by atoms with Crippen molar-refractivity contribution in [1.29, 1.82) is 0 Å². The van der Waals surface area contributed by atoms with E-state index in [1.165, 1.54) is 116 Å². The molecule has 3 rings (SSSR count). The van der Waals surface area contributed by atoms with Gasteiger partial charge in [0.2, 0.25) is 0 Å². The van der Waals surface area contributed by atoms with Crippen molar-refractivity contribution in [2.45, 2.75) is 142 Å². The second-order valence-electron chi connectivity index (χ2n) is 12.8. The number of halogens is 1. The van der Waals surface area contributed by atoms with Gasteiger partial charge in [-0.1, -0.05) is 135 Å². The maximum absolute atomic E-state index is 12.7. The number of rotatable bonds is 23. The quantitative estimate of drug-likeness (QED) is 0.0699. The van der Waals surface area contributed by atoms with Crippen LogP contribution >= 0.6 is 11.6 Å². The van der Waals surface area contributed by atoms with Gasteiger partial charge in [0, 0.05) is 0 Å². The molecule has 0 spiro atoms. The van der Waals surface area contributed by atoms with E-state index in [1.807, 2.05) is 12.1 Å². The third-order valence-electron chi connectivity index (χ3n) is 9.19. The summed E-state index contributed by atoms with van der Waals surface area (Å²) in [5.41, 5.74) is 0.400. The lowest BCUT2D eigenvalue weighted by molar-refractivity contribution is 0.0734. The molecule has 2 aromatic carbocycles. The van der Waals surface area contributed by atoms with Crippen molar-refractivity contribution < 1.29 is 19.0 Å². The summed E-state index contributed by atoms with van der Waals surface area (Å²) in [4.78, 5) is 12.7. The third-order valence-corrected chi connectivity index (χ3v) is 9.49. The fourth-order valence-electron chi connectivity index (χ4n) is 6.52. The summed E-state index contributed by atoms with van der Waals surface area (Å²) in [6.45, 7) is 5.91. The summed E-state index contributed by atoms with van der Waals surface area (Å²) < 4.78 is 17.5. The third kappa shape index (κ3) is 14.3. The molecular weight excluding hydrogens is 568 g/mol. The topological polar surface area (TPSA) is 44.8 Å². The Labute approximate surface area is 273 Å². The second kappa shape index (κ2) is 22.3. The summed E-state index contributed by atoms with van der Waals surface area (Å²) >= 11 is 6.43. The van der Waals surface area contributed by atoms with Crippen molar-refractivity contribution in [2.24, 2.45) is 11.8 Å². The van der Waals surface area contributed by atoms with Gasteiger partial charge in [-0.05, 0) is 73.6 Å². The number of hydrogen-bond acceptors (Lipinski definition) is 4. The Morgan fingerprint density at radius 1 is 0.659 bits per heavy atom. The number of esters is 1. The highest BCUT2D eigenvalue weighted by Crippen LogP contribution is 2.36. The highest BCUT2D eigenvalue weighted by Gasteiger charge is 2.24. The first-order valence-corrected chi connectivity index (χ1v) is 18.4. The molecule has 0 heterocycles. The Kier molecular flexibility index (Phi) is 18.4. The molecule has 2 aromatic rings. The smallest absolute Gasteiger partial charge is 0.343 e. The molecule has 4 nitrogen and oxygen atoms in total. The zero-order valence-electron chi connectivity index (χ0n) is 27.8. The first-order chi connectivity index (χ1) is 21.6. The lowest BCUT2D eigenvalue weighted by Crippen LogP contribution is -2.20. The van der Waals surface area contributed by atoms with E-state index in [2.05, 4.69) is 13.8 Å². The van der Waals surface area contributed by atoms with Crippen LogP contribution in [0.2, 0.25) is 5.02 Å². The van der Waals surface area contributed by atoms with Gasteiger partial charge >= 0.3 is 5.97 Å².